The first-order chi connectivity index (χ1) is 5.16. The normalized spacial score (nSPS) is 9.18. The Bertz CT molecular complexity index is 372. The van der Waals surface area contributed by atoms with Crippen molar-refractivity contribution in [2.45, 2.75) is 13.8 Å². The summed E-state index contributed by atoms with van der Waals surface area (Å²) >= 11 is 0. The molecule has 1 heterocycles. The molecule has 0 aliphatic heterocycles. The molecule has 1 aromatic heterocycles. The maximum absolute atomic E-state index is 10.9. The van der Waals surface area contributed by atoms with Crippen molar-refractivity contribution in [2.75, 3.05) is 0 Å². The van der Waals surface area contributed by atoms with Crippen molar-refractivity contribution in [3.8, 4) is 0 Å². The van der Waals surface area contributed by atoms with Crippen LogP contribution in [0.15, 0.2) is 4.79 Å². The molecule has 0 unspecified atom stereocenters. The summed E-state index contributed by atoms with van der Waals surface area (Å²) in [5.41, 5.74) is 1.07. The van der Waals surface area contributed by atoms with E-state index in [2.05, 4.69) is 15.0 Å². The molecule has 11 heavy (non-hydrogen) atoms. The highest BCUT2D eigenvalue weighted by atomic mass is 16.1. The predicted octanol–water partition coefficient (Wildman–Crippen LogP) is 0.938. The smallest absolute Gasteiger partial charge is 0.270 e. The van der Waals surface area contributed by atoms with Gasteiger partial charge in [0.1, 0.15) is 0 Å². The molecule has 0 bridgehead atoms. The molecule has 1 aromatic rings. The van der Waals surface area contributed by atoms with Crippen LogP contribution in [0, 0.1) is 20.4 Å². The molecule has 0 atom stereocenters. The molecule has 0 saturated carbocycles. The first kappa shape index (κ1) is 7.48. The minimum Gasteiger partial charge on any atom is -0.282 e. The number of nitrogens with one attached hydrogen (secondary N) is 1. The molecule has 0 radical (unpaired) electrons. The van der Waals surface area contributed by atoms with Crippen molar-refractivity contribution in [3.05, 3.63) is 33.0 Å². The molecule has 0 amide bonds. The van der Waals surface area contributed by atoms with Gasteiger partial charge in [-0.3, -0.25) is 9.89 Å². The van der Waals surface area contributed by atoms with Crippen LogP contribution < -0.4 is 5.56 Å². The van der Waals surface area contributed by atoms with Gasteiger partial charge in [0.2, 0.25) is 0 Å². The summed E-state index contributed by atoms with van der Waals surface area (Å²) in [6, 6.07) is 0. The van der Waals surface area contributed by atoms with Gasteiger partial charge in [0.15, 0.2) is 0 Å². The summed E-state index contributed by atoms with van der Waals surface area (Å²) in [7, 11) is 0. The van der Waals surface area contributed by atoms with Gasteiger partial charge in [-0.15, -0.1) is 0 Å². The van der Waals surface area contributed by atoms with Crippen LogP contribution in [0.2, 0.25) is 0 Å². The lowest BCUT2D eigenvalue weighted by Crippen LogP contribution is -2.09. The predicted molar refractivity (Wildman–Crippen MR) is 40.6 cm³/mol. The van der Waals surface area contributed by atoms with Crippen molar-refractivity contribution >= 4 is 5.69 Å². The Hall–Kier alpha value is -1.63. The highest BCUT2D eigenvalue weighted by molar-refractivity contribution is 5.50. The van der Waals surface area contributed by atoms with E-state index in [0.717, 1.165) is 0 Å². The van der Waals surface area contributed by atoms with Crippen molar-refractivity contribution in [1.29, 1.82) is 0 Å². The number of rotatable bonds is 0. The molecule has 56 valence electrons. The number of H-pyrrole nitrogens is 1. The molecule has 4 heteroatoms. The summed E-state index contributed by atoms with van der Waals surface area (Å²) in [6.45, 7) is 10.2. The molecule has 4 nitrogen and oxygen atoms in total. The minimum atomic E-state index is -0.414. The summed E-state index contributed by atoms with van der Waals surface area (Å²) in [5, 5.41) is 5.95. The van der Waals surface area contributed by atoms with Gasteiger partial charge >= 0.3 is 0 Å². The second kappa shape index (κ2) is 2.54. The lowest BCUT2D eigenvalue weighted by Gasteiger charge is -1.97. The Morgan fingerprint density at radius 3 is 2.64 bits per heavy atom. The van der Waals surface area contributed by atoms with E-state index in [1.165, 1.54) is 0 Å². The number of aromatic nitrogens is 2. The van der Waals surface area contributed by atoms with Crippen LogP contribution in [0.3, 0.4) is 0 Å². The molecule has 0 aliphatic rings. The monoisotopic (exact) mass is 149 g/mol. The average Bonchev–Trinajstić information content (AvgIpc) is 1.99. The SMILES string of the molecule is [C-]#[N+]c1c(C)c(C)n[nH]c1=O. The number of aryl methyl sites for hydroxylation is 1. The van der Waals surface area contributed by atoms with Crippen LogP contribution in [-0.2, 0) is 0 Å². The Morgan fingerprint density at radius 2 is 2.18 bits per heavy atom. The third-order valence-electron chi connectivity index (χ3n) is 1.55. The summed E-state index contributed by atoms with van der Waals surface area (Å²) in [4.78, 5) is 14.0. The fraction of sp³-hybridized carbons (Fsp3) is 0.286. The Balaban J connectivity index is 3.57. The zero-order valence-electron chi connectivity index (χ0n) is 6.30. The summed E-state index contributed by atoms with van der Waals surface area (Å²) < 4.78 is 0. The van der Waals surface area contributed by atoms with E-state index in [-0.39, 0.29) is 5.69 Å². The van der Waals surface area contributed by atoms with Crippen LogP contribution in [0.5, 0.6) is 0 Å². The van der Waals surface area contributed by atoms with Crippen molar-refractivity contribution in [2.24, 2.45) is 0 Å². The van der Waals surface area contributed by atoms with E-state index in [4.69, 9.17) is 6.57 Å². The van der Waals surface area contributed by atoms with E-state index in [9.17, 15) is 4.79 Å². The molecule has 0 aromatic carbocycles. The van der Waals surface area contributed by atoms with Gasteiger partial charge in [-0.05, 0) is 19.4 Å². The largest absolute Gasteiger partial charge is 0.282 e. The van der Waals surface area contributed by atoms with Crippen LogP contribution in [-0.4, -0.2) is 10.2 Å². The summed E-state index contributed by atoms with van der Waals surface area (Å²) in [6.07, 6.45) is 0. The number of nitrogens with zero attached hydrogens (tertiary/aromatic N) is 2. The zero-order chi connectivity index (χ0) is 8.43. The van der Waals surface area contributed by atoms with Crippen LogP contribution in [0.25, 0.3) is 4.85 Å². The van der Waals surface area contributed by atoms with Crippen molar-refractivity contribution in [3.63, 3.8) is 0 Å². The van der Waals surface area contributed by atoms with E-state index >= 15 is 0 Å². The quantitative estimate of drug-likeness (QED) is 0.558. The molecule has 0 saturated heterocycles. The van der Waals surface area contributed by atoms with Gasteiger partial charge in [0.05, 0.1) is 12.3 Å². The second-order valence-electron chi connectivity index (χ2n) is 2.22. The fourth-order valence-corrected chi connectivity index (χ4v) is 0.748. The molecule has 1 rings (SSSR count). The molecular weight excluding hydrogens is 142 g/mol. The van der Waals surface area contributed by atoms with Gasteiger partial charge in [-0.1, -0.05) is 0 Å². The highest BCUT2D eigenvalue weighted by Crippen LogP contribution is 2.12. The van der Waals surface area contributed by atoms with Gasteiger partial charge < -0.3 is 0 Å². The second-order valence-corrected chi connectivity index (χ2v) is 2.22. The zero-order valence-corrected chi connectivity index (χ0v) is 6.30. The minimum absolute atomic E-state index is 0.137. The maximum Gasteiger partial charge on any atom is 0.270 e. The van der Waals surface area contributed by atoms with Crippen molar-refractivity contribution < 1.29 is 0 Å². The van der Waals surface area contributed by atoms with Gasteiger partial charge in [0, 0.05) is 0 Å². The summed E-state index contributed by atoms with van der Waals surface area (Å²) in [5.74, 6) is 0. The lowest BCUT2D eigenvalue weighted by atomic mass is 10.2. The molecule has 0 spiro atoms. The van der Waals surface area contributed by atoms with E-state index < -0.39 is 5.56 Å². The first-order valence-corrected chi connectivity index (χ1v) is 3.10. The average molecular weight is 149 g/mol. The van der Waals surface area contributed by atoms with E-state index in [1.54, 1.807) is 13.8 Å². The molecule has 0 fully saturated rings. The van der Waals surface area contributed by atoms with Gasteiger partial charge in [0.25, 0.3) is 11.2 Å². The van der Waals surface area contributed by atoms with Gasteiger partial charge in [-0.25, -0.2) is 4.85 Å². The number of hydrogen-bond acceptors (Lipinski definition) is 2. The Morgan fingerprint density at radius 1 is 1.55 bits per heavy atom. The third-order valence-corrected chi connectivity index (χ3v) is 1.55. The number of aromatic amines is 1. The van der Waals surface area contributed by atoms with E-state index in [0.29, 0.717) is 11.3 Å². The fourth-order valence-electron chi connectivity index (χ4n) is 0.748. The lowest BCUT2D eigenvalue weighted by molar-refractivity contribution is 0.936. The standard InChI is InChI=1S/C7H7N3O/c1-4-5(2)9-10-7(11)6(4)8-3/h1-2H3,(H,10,11). The first-order valence-electron chi connectivity index (χ1n) is 3.10. The van der Waals surface area contributed by atoms with Crippen LogP contribution in [0.4, 0.5) is 5.69 Å². The van der Waals surface area contributed by atoms with E-state index in [1.807, 2.05) is 0 Å². The Labute approximate surface area is 63.7 Å². The van der Waals surface area contributed by atoms with Gasteiger partial charge in [-0.2, -0.15) is 5.10 Å². The van der Waals surface area contributed by atoms with Crippen molar-refractivity contribution in [1.82, 2.24) is 10.2 Å². The highest BCUT2D eigenvalue weighted by Gasteiger charge is 2.05. The number of hydrogen-bond donors (Lipinski definition) is 1. The van der Waals surface area contributed by atoms with Crippen LogP contribution in [0.1, 0.15) is 11.3 Å². The third kappa shape index (κ3) is 1.13. The molecule has 1 N–H and O–H groups in total. The molecular formula is C7H7N3O. The molecule has 0 aliphatic carbocycles. The topological polar surface area (TPSA) is 50.1 Å². The maximum atomic E-state index is 10.9. The Kier molecular flexibility index (Phi) is 1.73. The van der Waals surface area contributed by atoms with Crippen LogP contribution >= 0.6 is 0 Å².